The zero-order chi connectivity index (χ0) is 19.4. The van der Waals surface area contributed by atoms with Gasteiger partial charge in [-0.05, 0) is 24.3 Å². The van der Waals surface area contributed by atoms with Crippen LogP contribution in [0.2, 0.25) is 0 Å². The van der Waals surface area contributed by atoms with Crippen LogP contribution < -0.4 is 14.8 Å². The number of carbonyl (C=O) groups excluding carboxylic acids is 1. The van der Waals surface area contributed by atoms with Crippen LogP contribution in [0.25, 0.3) is 0 Å². The van der Waals surface area contributed by atoms with Crippen molar-refractivity contribution in [2.75, 3.05) is 12.4 Å². The van der Waals surface area contributed by atoms with Crippen LogP contribution in [0, 0.1) is 0 Å². The number of carboxylic acid groups (broad SMARTS) is 1. The van der Waals surface area contributed by atoms with Crippen molar-refractivity contribution in [2.24, 2.45) is 7.05 Å². The third kappa shape index (κ3) is 4.09. The van der Waals surface area contributed by atoms with Gasteiger partial charge in [0.15, 0.2) is 11.5 Å². The van der Waals surface area contributed by atoms with Gasteiger partial charge < -0.3 is 24.3 Å². The average molecular weight is 371 g/mol. The summed E-state index contributed by atoms with van der Waals surface area (Å²) < 4.78 is 17.3. The smallest absolute Gasteiger partial charge is 0.356 e. The number of ether oxygens (including phenoxy) is 2. The summed E-state index contributed by atoms with van der Waals surface area (Å²) in [5.41, 5.74) is -0.0444. The second-order valence-electron chi connectivity index (χ2n) is 5.52. The predicted octanol–water partition coefficient (Wildman–Crippen LogP) is 2.55. The first-order valence-corrected chi connectivity index (χ1v) is 7.90. The Labute approximate surface area is 154 Å². The second-order valence-corrected chi connectivity index (χ2v) is 5.52. The van der Waals surface area contributed by atoms with Crippen LogP contribution in [0.5, 0.6) is 11.5 Å². The average Bonchev–Trinajstić information content (AvgIpc) is 3.27. The van der Waals surface area contributed by atoms with Gasteiger partial charge in [0.25, 0.3) is 5.91 Å². The van der Waals surface area contributed by atoms with Crippen LogP contribution >= 0.6 is 0 Å². The first-order valence-electron chi connectivity index (χ1n) is 7.90. The number of hydrogen-bond donors (Lipinski definition) is 2. The normalized spacial score (nSPS) is 10.4. The minimum atomic E-state index is -1.20. The van der Waals surface area contributed by atoms with Crippen LogP contribution in [0.3, 0.4) is 0 Å². The molecule has 2 N–H and O–H groups in total. The molecular formula is C18H17N3O6. The first kappa shape index (κ1) is 18.1. The molecule has 9 heteroatoms. The van der Waals surface area contributed by atoms with Crippen molar-refractivity contribution in [3.63, 3.8) is 0 Å². The molecule has 1 aromatic carbocycles. The molecule has 2 aromatic heterocycles. The third-order valence-corrected chi connectivity index (χ3v) is 3.70. The van der Waals surface area contributed by atoms with Gasteiger partial charge in [0.1, 0.15) is 23.9 Å². The molecule has 0 radical (unpaired) electrons. The Morgan fingerprint density at radius 1 is 1.26 bits per heavy atom. The number of nitrogens with zero attached hydrogens (tertiary/aromatic N) is 2. The van der Waals surface area contributed by atoms with Gasteiger partial charge in [0.2, 0.25) is 0 Å². The Bertz CT molecular complexity index is 975. The van der Waals surface area contributed by atoms with Crippen molar-refractivity contribution in [3.05, 3.63) is 59.8 Å². The Balaban J connectivity index is 1.65. The van der Waals surface area contributed by atoms with E-state index in [1.807, 2.05) is 0 Å². The predicted molar refractivity (Wildman–Crippen MR) is 94.2 cm³/mol. The first-order chi connectivity index (χ1) is 13.0. The molecule has 0 aliphatic heterocycles. The second kappa shape index (κ2) is 7.65. The fourth-order valence-corrected chi connectivity index (χ4v) is 2.39. The molecule has 9 nitrogen and oxygen atoms in total. The van der Waals surface area contributed by atoms with Crippen molar-refractivity contribution in [3.8, 4) is 11.5 Å². The molecule has 0 fully saturated rings. The topological polar surface area (TPSA) is 116 Å². The Morgan fingerprint density at radius 3 is 2.78 bits per heavy atom. The maximum Gasteiger partial charge on any atom is 0.356 e. The number of hydrogen-bond acceptors (Lipinski definition) is 6. The van der Waals surface area contributed by atoms with Crippen molar-refractivity contribution < 1.29 is 28.6 Å². The summed E-state index contributed by atoms with van der Waals surface area (Å²) in [7, 11) is 3.04. The molecule has 0 aliphatic rings. The minimum Gasteiger partial charge on any atom is -0.497 e. The summed E-state index contributed by atoms with van der Waals surface area (Å²) in [5.74, 6) is -0.0572. The van der Waals surface area contributed by atoms with Gasteiger partial charge in [-0.15, -0.1) is 0 Å². The lowest BCUT2D eigenvalue weighted by Gasteiger charge is -2.06. The molecule has 27 heavy (non-hydrogen) atoms. The number of methoxy groups -OCH3 is 1. The summed E-state index contributed by atoms with van der Waals surface area (Å²) in [5, 5.41) is 15.5. The fraction of sp³-hybridized carbons (Fsp3) is 0.167. The highest BCUT2D eigenvalue weighted by atomic mass is 16.5. The Kier molecular flexibility index (Phi) is 5.11. The van der Waals surface area contributed by atoms with E-state index in [4.69, 9.17) is 13.9 Å². The molecule has 3 rings (SSSR count). The van der Waals surface area contributed by atoms with E-state index < -0.39 is 11.9 Å². The lowest BCUT2D eigenvalue weighted by atomic mass is 10.3. The number of aromatic nitrogens is 2. The molecule has 0 atom stereocenters. The van der Waals surface area contributed by atoms with E-state index in [1.54, 1.807) is 37.4 Å². The van der Waals surface area contributed by atoms with Gasteiger partial charge in [-0.1, -0.05) is 6.07 Å². The number of anilines is 1. The number of carboxylic acids is 1. The number of amides is 1. The number of furan rings is 1. The van der Waals surface area contributed by atoms with Crippen LogP contribution in [0.1, 0.15) is 26.8 Å². The van der Waals surface area contributed by atoms with Crippen molar-refractivity contribution in [1.29, 1.82) is 0 Å². The molecule has 0 saturated heterocycles. The SMILES string of the molecule is COc1cccc(OCc2ccc(C(=O)Nc3cnn(C)c3C(=O)O)o2)c1. The van der Waals surface area contributed by atoms with Gasteiger partial charge in [0.05, 0.1) is 19.0 Å². The number of carbonyl (C=O) groups is 2. The summed E-state index contributed by atoms with van der Waals surface area (Å²) >= 11 is 0. The highest BCUT2D eigenvalue weighted by Gasteiger charge is 2.20. The van der Waals surface area contributed by atoms with E-state index in [9.17, 15) is 14.7 Å². The van der Waals surface area contributed by atoms with Gasteiger partial charge in [0, 0.05) is 13.1 Å². The summed E-state index contributed by atoms with van der Waals surface area (Å²) in [4.78, 5) is 23.5. The molecular weight excluding hydrogens is 354 g/mol. The lowest BCUT2D eigenvalue weighted by Crippen LogP contribution is -2.15. The quantitative estimate of drug-likeness (QED) is 0.655. The highest BCUT2D eigenvalue weighted by molar-refractivity contribution is 6.05. The van der Waals surface area contributed by atoms with E-state index in [1.165, 1.54) is 19.3 Å². The van der Waals surface area contributed by atoms with E-state index in [2.05, 4.69) is 10.4 Å². The van der Waals surface area contributed by atoms with E-state index in [-0.39, 0.29) is 23.7 Å². The molecule has 0 saturated carbocycles. The molecule has 2 heterocycles. The zero-order valence-electron chi connectivity index (χ0n) is 14.6. The number of aromatic carboxylic acids is 1. The standard InChI is InChI=1S/C18H17N3O6/c1-21-16(18(23)24)14(9-19-21)20-17(22)15-7-6-13(27-15)10-26-12-5-3-4-11(8-12)25-2/h3-9H,10H2,1-2H3,(H,20,22)(H,23,24). The van der Waals surface area contributed by atoms with Crippen LogP contribution in [0.15, 0.2) is 47.0 Å². The van der Waals surface area contributed by atoms with Gasteiger partial charge in [-0.3, -0.25) is 9.48 Å². The van der Waals surface area contributed by atoms with E-state index >= 15 is 0 Å². The maximum absolute atomic E-state index is 12.3. The number of aryl methyl sites for hydroxylation is 1. The number of nitrogens with one attached hydrogen (secondary N) is 1. The van der Waals surface area contributed by atoms with E-state index in [0.717, 1.165) is 4.68 Å². The van der Waals surface area contributed by atoms with Gasteiger partial charge in [-0.25, -0.2) is 4.79 Å². The Hall–Kier alpha value is -3.75. The maximum atomic E-state index is 12.3. The molecule has 0 bridgehead atoms. The fourth-order valence-electron chi connectivity index (χ4n) is 2.39. The van der Waals surface area contributed by atoms with Gasteiger partial charge in [-0.2, -0.15) is 5.10 Å². The highest BCUT2D eigenvalue weighted by Crippen LogP contribution is 2.21. The zero-order valence-corrected chi connectivity index (χ0v) is 14.6. The van der Waals surface area contributed by atoms with Crippen LogP contribution in [-0.4, -0.2) is 33.9 Å². The summed E-state index contributed by atoms with van der Waals surface area (Å²) in [6.45, 7) is 0.119. The molecule has 0 spiro atoms. The molecule has 140 valence electrons. The minimum absolute atomic E-state index is 0.0273. The summed E-state index contributed by atoms with van der Waals surface area (Å²) in [6, 6.07) is 10.2. The van der Waals surface area contributed by atoms with E-state index in [0.29, 0.717) is 17.3 Å². The molecule has 0 aliphatic carbocycles. The van der Waals surface area contributed by atoms with Crippen LogP contribution in [-0.2, 0) is 13.7 Å². The summed E-state index contributed by atoms with van der Waals surface area (Å²) in [6.07, 6.45) is 1.26. The lowest BCUT2D eigenvalue weighted by molar-refractivity contribution is 0.0686. The number of rotatable bonds is 7. The number of benzene rings is 1. The third-order valence-electron chi connectivity index (χ3n) is 3.70. The largest absolute Gasteiger partial charge is 0.497 e. The van der Waals surface area contributed by atoms with Crippen molar-refractivity contribution in [2.45, 2.75) is 6.61 Å². The Morgan fingerprint density at radius 2 is 2.04 bits per heavy atom. The molecule has 3 aromatic rings. The molecule has 0 unspecified atom stereocenters. The van der Waals surface area contributed by atoms with Gasteiger partial charge >= 0.3 is 5.97 Å². The molecule has 1 amide bonds. The van der Waals surface area contributed by atoms with Crippen molar-refractivity contribution >= 4 is 17.6 Å². The van der Waals surface area contributed by atoms with Crippen LogP contribution in [0.4, 0.5) is 5.69 Å². The monoisotopic (exact) mass is 371 g/mol. The van der Waals surface area contributed by atoms with Crippen molar-refractivity contribution in [1.82, 2.24) is 9.78 Å².